The van der Waals surface area contributed by atoms with Crippen LogP contribution < -0.4 is 9.64 Å². The fourth-order valence-electron chi connectivity index (χ4n) is 3.87. The van der Waals surface area contributed by atoms with E-state index >= 15 is 0 Å². The number of nitrogens with zero attached hydrogens (tertiary/aromatic N) is 1. The molecule has 31 heavy (non-hydrogen) atoms. The van der Waals surface area contributed by atoms with Crippen molar-refractivity contribution in [1.29, 1.82) is 0 Å². The first-order valence-corrected chi connectivity index (χ1v) is 10.4. The molecule has 1 aliphatic rings. The van der Waals surface area contributed by atoms with E-state index < -0.39 is 5.24 Å². The second-order valence-corrected chi connectivity index (χ2v) is 7.89. The monoisotopic (exact) mass is 437 g/mol. The summed E-state index contributed by atoms with van der Waals surface area (Å²) in [7, 11) is 0. The van der Waals surface area contributed by atoms with E-state index in [1.54, 1.807) is 17.0 Å². The number of carbonyl (C=O) groups is 2. The van der Waals surface area contributed by atoms with Gasteiger partial charge in [0.05, 0.1) is 12.0 Å². The van der Waals surface area contributed by atoms with Crippen LogP contribution in [0.25, 0.3) is 0 Å². The molecule has 1 saturated heterocycles. The molecule has 4 nitrogen and oxygen atoms in total. The van der Waals surface area contributed by atoms with Crippen LogP contribution in [0.3, 0.4) is 0 Å². The Bertz CT molecular complexity index is 1050. The lowest BCUT2D eigenvalue weighted by Gasteiger charge is -2.47. The van der Waals surface area contributed by atoms with Crippen molar-refractivity contribution in [2.75, 3.05) is 4.90 Å². The molecule has 0 N–H and O–H groups in total. The van der Waals surface area contributed by atoms with E-state index in [0.29, 0.717) is 18.7 Å². The van der Waals surface area contributed by atoms with Crippen molar-refractivity contribution >= 4 is 28.4 Å². The minimum atomic E-state index is -0.462. The highest BCUT2D eigenvalue weighted by Gasteiger charge is 2.48. The first-order chi connectivity index (χ1) is 15.0. The zero-order valence-electron chi connectivity index (χ0n) is 16.7. The molecule has 1 heterocycles. The zero-order chi connectivity index (χ0) is 21.8. The van der Waals surface area contributed by atoms with Gasteiger partial charge in [-0.15, -0.1) is 0 Å². The van der Waals surface area contributed by atoms with E-state index in [1.165, 1.54) is 12.1 Å². The van der Waals surface area contributed by atoms with Crippen molar-refractivity contribution in [3.8, 4) is 5.75 Å². The van der Waals surface area contributed by atoms with Gasteiger partial charge in [0.1, 0.15) is 18.2 Å². The average molecular weight is 438 g/mol. The van der Waals surface area contributed by atoms with Crippen molar-refractivity contribution < 1.29 is 18.7 Å². The summed E-state index contributed by atoms with van der Waals surface area (Å²) >= 11 is 5.50. The topological polar surface area (TPSA) is 46.6 Å². The van der Waals surface area contributed by atoms with Crippen LogP contribution in [0.4, 0.5) is 10.1 Å². The van der Waals surface area contributed by atoms with Crippen molar-refractivity contribution in [2.45, 2.75) is 25.5 Å². The molecule has 3 aromatic rings. The number of halogens is 2. The zero-order valence-corrected chi connectivity index (χ0v) is 17.5. The number of hydrogen-bond donors (Lipinski definition) is 0. The van der Waals surface area contributed by atoms with E-state index in [9.17, 15) is 14.0 Å². The molecule has 1 fully saturated rings. The van der Waals surface area contributed by atoms with Gasteiger partial charge >= 0.3 is 0 Å². The Labute approximate surface area is 185 Å². The molecule has 158 valence electrons. The number of benzene rings is 3. The van der Waals surface area contributed by atoms with Gasteiger partial charge in [-0.3, -0.25) is 9.59 Å². The highest BCUT2D eigenvalue weighted by Crippen LogP contribution is 2.45. The van der Waals surface area contributed by atoms with Crippen LogP contribution in [-0.4, -0.2) is 11.1 Å². The van der Waals surface area contributed by atoms with Crippen LogP contribution >= 0.6 is 11.6 Å². The molecule has 1 aliphatic heterocycles. The van der Waals surface area contributed by atoms with Crippen LogP contribution in [0, 0.1) is 11.7 Å². The standard InChI is InChI=1S/C25H21ClFNO3/c26-23(29)15-14-22-24(28(25(22)30)20-10-8-19(27)9-11-20)18-6-12-21(13-7-18)31-16-17-4-2-1-3-5-17/h1-13,22,24H,14-16H2. The third-order valence-corrected chi connectivity index (χ3v) is 5.63. The van der Waals surface area contributed by atoms with Gasteiger partial charge in [0, 0.05) is 12.1 Å². The van der Waals surface area contributed by atoms with E-state index in [-0.39, 0.29) is 30.1 Å². The Morgan fingerprint density at radius 1 is 0.968 bits per heavy atom. The number of carbonyl (C=O) groups excluding carboxylic acids is 2. The van der Waals surface area contributed by atoms with Gasteiger partial charge < -0.3 is 9.64 Å². The Hall–Kier alpha value is -3.18. The maximum atomic E-state index is 13.3. The summed E-state index contributed by atoms with van der Waals surface area (Å²) in [5.74, 6) is -0.0979. The van der Waals surface area contributed by atoms with Crippen molar-refractivity contribution in [2.24, 2.45) is 5.92 Å². The number of ether oxygens (including phenoxy) is 1. The van der Waals surface area contributed by atoms with E-state index in [2.05, 4.69) is 0 Å². The van der Waals surface area contributed by atoms with Gasteiger partial charge in [-0.1, -0.05) is 42.5 Å². The maximum absolute atomic E-state index is 13.3. The molecule has 0 bridgehead atoms. The van der Waals surface area contributed by atoms with Crippen LogP contribution in [0.2, 0.25) is 0 Å². The summed E-state index contributed by atoms with van der Waals surface area (Å²) in [6, 6.07) is 23.0. The van der Waals surface area contributed by atoms with Crippen LogP contribution in [-0.2, 0) is 16.2 Å². The molecule has 0 radical (unpaired) electrons. The van der Waals surface area contributed by atoms with E-state index in [1.807, 2.05) is 54.6 Å². The Balaban J connectivity index is 1.53. The number of amides is 1. The molecule has 0 saturated carbocycles. The van der Waals surface area contributed by atoms with Crippen molar-refractivity contribution in [3.63, 3.8) is 0 Å². The maximum Gasteiger partial charge on any atom is 0.233 e. The quantitative estimate of drug-likeness (QED) is 0.337. The van der Waals surface area contributed by atoms with Gasteiger partial charge in [0.25, 0.3) is 0 Å². The molecule has 0 aliphatic carbocycles. The lowest BCUT2D eigenvalue weighted by Crippen LogP contribution is -2.55. The number of anilines is 1. The molecular formula is C25H21ClFNO3. The second-order valence-electron chi connectivity index (χ2n) is 7.47. The predicted molar refractivity (Wildman–Crippen MR) is 117 cm³/mol. The van der Waals surface area contributed by atoms with Gasteiger partial charge in [-0.25, -0.2) is 4.39 Å². The lowest BCUT2D eigenvalue weighted by atomic mass is 9.79. The fraction of sp³-hybridized carbons (Fsp3) is 0.200. The first-order valence-electron chi connectivity index (χ1n) is 10.1. The Kier molecular flexibility index (Phi) is 6.33. The average Bonchev–Trinajstić information content (AvgIpc) is 2.78. The molecule has 4 rings (SSSR count). The summed E-state index contributed by atoms with van der Waals surface area (Å²) in [6.07, 6.45) is 0.500. The Morgan fingerprint density at radius 3 is 2.29 bits per heavy atom. The molecule has 3 aromatic carbocycles. The van der Waals surface area contributed by atoms with Gasteiger partial charge in [-0.2, -0.15) is 0 Å². The summed E-state index contributed by atoms with van der Waals surface area (Å²) in [6.45, 7) is 0.463. The van der Waals surface area contributed by atoms with Crippen LogP contribution in [0.5, 0.6) is 5.75 Å². The largest absolute Gasteiger partial charge is 0.489 e. The van der Waals surface area contributed by atoms with Crippen LogP contribution in [0.1, 0.15) is 30.0 Å². The SMILES string of the molecule is O=C(Cl)CCC1C(=O)N(c2ccc(F)cc2)C1c1ccc(OCc2ccccc2)cc1. The normalized spacial score (nSPS) is 17.9. The van der Waals surface area contributed by atoms with E-state index in [4.69, 9.17) is 16.3 Å². The highest BCUT2D eigenvalue weighted by atomic mass is 35.5. The highest BCUT2D eigenvalue weighted by molar-refractivity contribution is 6.63. The second kappa shape index (κ2) is 9.31. The Morgan fingerprint density at radius 2 is 1.65 bits per heavy atom. The molecule has 1 amide bonds. The molecule has 2 atom stereocenters. The number of rotatable bonds is 8. The fourth-order valence-corrected chi connectivity index (χ4v) is 3.98. The summed E-state index contributed by atoms with van der Waals surface area (Å²) in [5.41, 5.74) is 2.61. The predicted octanol–water partition coefficient (Wildman–Crippen LogP) is 5.65. The molecule has 0 spiro atoms. The van der Waals surface area contributed by atoms with Gasteiger partial charge in [0.2, 0.25) is 11.1 Å². The summed E-state index contributed by atoms with van der Waals surface area (Å²) in [5, 5.41) is -0.462. The van der Waals surface area contributed by atoms with Gasteiger partial charge in [0.15, 0.2) is 0 Å². The number of β-lactam (4-membered cyclic amide) rings is 1. The van der Waals surface area contributed by atoms with Crippen LogP contribution in [0.15, 0.2) is 78.9 Å². The number of hydrogen-bond acceptors (Lipinski definition) is 3. The molecular weight excluding hydrogens is 417 g/mol. The molecule has 2 unspecified atom stereocenters. The minimum Gasteiger partial charge on any atom is -0.489 e. The molecule has 6 heteroatoms. The lowest BCUT2D eigenvalue weighted by molar-refractivity contribution is -0.131. The van der Waals surface area contributed by atoms with Crippen molar-refractivity contribution in [3.05, 3.63) is 95.8 Å². The van der Waals surface area contributed by atoms with Gasteiger partial charge in [-0.05, 0) is 65.5 Å². The first kappa shape index (κ1) is 21.1. The summed E-state index contributed by atoms with van der Waals surface area (Å²) < 4.78 is 19.2. The van der Waals surface area contributed by atoms with Crippen molar-refractivity contribution in [1.82, 2.24) is 0 Å². The summed E-state index contributed by atoms with van der Waals surface area (Å²) in [4.78, 5) is 25.7. The molecule has 0 aromatic heterocycles. The third-order valence-electron chi connectivity index (χ3n) is 5.44. The minimum absolute atomic E-state index is 0.0982. The van der Waals surface area contributed by atoms with E-state index in [0.717, 1.165) is 16.9 Å². The third kappa shape index (κ3) is 4.78. The smallest absolute Gasteiger partial charge is 0.233 e.